The van der Waals surface area contributed by atoms with Crippen LogP contribution in [0.4, 0.5) is 10.1 Å². The second-order valence-electron chi connectivity index (χ2n) is 5.76. The molecular formula is C19H17FN4O2S2. The fourth-order valence-electron chi connectivity index (χ4n) is 2.22. The first kappa shape index (κ1) is 20.0. The number of amides is 2. The summed E-state index contributed by atoms with van der Waals surface area (Å²) in [6, 6.07) is 9.27. The van der Waals surface area contributed by atoms with E-state index in [-0.39, 0.29) is 29.8 Å². The first-order valence-corrected chi connectivity index (χ1v) is 10.2. The van der Waals surface area contributed by atoms with Gasteiger partial charge in [-0.2, -0.15) is 0 Å². The van der Waals surface area contributed by atoms with E-state index < -0.39 is 0 Å². The fourth-order valence-corrected chi connectivity index (χ4v) is 3.87. The van der Waals surface area contributed by atoms with Crippen LogP contribution in [0.3, 0.4) is 0 Å². The zero-order valence-corrected chi connectivity index (χ0v) is 16.4. The van der Waals surface area contributed by atoms with Crippen molar-refractivity contribution in [2.75, 3.05) is 11.1 Å². The largest absolute Gasteiger partial charge is 0.352 e. The summed E-state index contributed by atoms with van der Waals surface area (Å²) in [6.45, 7) is 0.441. The molecule has 3 aromatic rings. The molecule has 0 aliphatic rings. The van der Waals surface area contributed by atoms with Crippen LogP contribution in [0.1, 0.15) is 11.3 Å². The maximum Gasteiger partial charge on any atom is 0.234 e. The molecule has 2 N–H and O–H groups in total. The van der Waals surface area contributed by atoms with E-state index in [2.05, 4.69) is 20.6 Å². The number of aromatic nitrogens is 2. The number of thiazole rings is 1. The van der Waals surface area contributed by atoms with E-state index in [1.807, 2.05) is 17.5 Å². The molecule has 144 valence electrons. The van der Waals surface area contributed by atoms with E-state index in [1.54, 1.807) is 12.4 Å². The molecular weight excluding hydrogens is 399 g/mol. The first-order chi connectivity index (χ1) is 13.6. The molecule has 0 spiro atoms. The smallest absolute Gasteiger partial charge is 0.234 e. The number of carbonyl (C=O) groups is 2. The van der Waals surface area contributed by atoms with Crippen LogP contribution in [0.25, 0.3) is 0 Å². The van der Waals surface area contributed by atoms with E-state index >= 15 is 0 Å². The molecule has 0 bridgehead atoms. The van der Waals surface area contributed by atoms with Gasteiger partial charge in [0.15, 0.2) is 4.34 Å². The number of rotatable bonds is 8. The Balaban J connectivity index is 1.41. The van der Waals surface area contributed by atoms with Crippen LogP contribution in [-0.4, -0.2) is 27.5 Å². The van der Waals surface area contributed by atoms with Crippen molar-refractivity contribution in [3.05, 3.63) is 71.2 Å². The van der Waals surface area contributed by atoms with Gasteiger partial charge in [0.2, 0.25) is 11.8 Å². The van der Waals surface area contributed by atoms with Crippen LogP contribution in [0, 0.1) is 5.82 Å². The molecule has 1 aromatic carbocycles. The van der Waals surface area contributed by atoms with Crippen molar-refractivity contribution in [2.45, 2.75) is 17.3 Å². The third kappa shape index (κ3) is 6.43. The summed E-state index contributed by atoms with van der Waals surface area (Å²) in [5.74, 6) is -0.498. The van der Waals surface area contributed by atoms with E-state index in [1.165, 1.54) is 47.4 Å². The Bertz CT molecular complexity index is 933. The molecule has 0 fully saturated rings. The van der Waals surface area contributed by atoms with Gasteiger partial charge in [0, 0.05) is 30.0 Å². The summed E-state index contributed by atoms with van der Waals surface area (Å²) < 4.78 is 13.6. The SMILES string of the molecule is O=C(Cc1csc(SCC(=O)Nc2ccc(F)cc2)n1)NCc1ccncc1. The molecule has 0 aliphatic heterocycles. The lowest BCUT2D eigenvalue weighted by Gasteiger charge is -2.04. The molecule has 0 aliphatic carbocycles. The minimum Gasteiger partial charge on any atom is -0.352 e. The number of carbonyl (C=O) groups excluding carboxylic acids is 2. The topological polar surface area (TPSA) is 84.0 Å². The normalized spacial score (nSPS) is 10.5. The van der Waals surface area contributed by atoms with Crippen LogP contribution >= 0.6 is 23.1 Å². The lowest BCUT2D eigenvalue weighted by molar-refractivity contribution is -0.120. The van der Waals surface area contributed by atoms with Crippen molar-refractivity contribution >= 4 is 40.6 Å². The third-order valence-electron chi connectivity index (χ3n) is 3.57. The fraction of sp³-hybridized carbons (Fsp3) is 0.158. The van der Waals surface area contributed by atoms with Crippen molar-refractivity contribution in [2.24, 2.45) is 0 Å². The number of thioether (sulfide) groups is 1. The molecule has 6 nitrogen and oxygen atoms in total. The maximum absolute atomic E-state index is 12.9. The molecule has 0 saturated heterocycles. The molecule has 0 saturated carbocycles. The summed E-state index contributed by atoms with van der Waals surface area (Å²) in [7, 11) is 0. The van der Waals surface area contributed by atoms with Crippen LogP contribution in [-0.2, 0) is 22.6 Å². The number of halogens is 1. The number of hydrogen-bond acceptors (Lipinski definition) is 6. The Morgan fingerprint density at radius 1 is 1.07 bits per heavy atom. The number of pyridine rings is 1. The lowest BCUT2D eigenvalue weighted by atomic mass is 10.2. The second-order valence-corrected chi connectivity index (χ2v) is 7.84. The molecule has 28 heavy (non-hydrogen) atoms. The number of benzene rings is 1. The number of nitrogens with one attached hydrogen (secondary N) is 2. The molecule has 9 heteroatoms. The number of anilines is 1. The molecule has 0 atom stereocenters. The molecule has 2 heterocycles. The van der Waals surface area contributed by atoms with Gasteiger partial charge in [-0.25, -0.2) is 9.37 Å². The molecule has 0 radical (unpaired) electrons. The predicted octanol–water partition coefficient (Wildman–Crippen LogP) is 3.27. The average molecular weight is 417 g/mol. The highest BCUT2D eigenvalue weighted by Crippen LogP contribution is 2.23. The maximum atomic E-state index is 12.9. The Hall–Kier alpha value is -2.78. The van der Waals surface area contributed by atoms with Gasteiger partial charge in [0.1, 0.15) is 5.82 Å². The highest BCUT2D eigenvalue weighted by atomic mass is 32.2. The van der Waals surface area contributed by atoms with E-state index in [0.29, 0.717) is 22.3 Å². The summed E-state index contributed by atoms with van der Waals surface area (Å²) in [4.78, 5) is 32.3. The Labute approximate surface area is 169 Å². The van der Waals surface area contributed by atoms with Gasteiger partial charge < -0.3 is 10.6 Å². The predicted molar refractivity (Wildman–Crippen MR) is 108 cm³/mol. The van der Waals surface area contributed by atoms with Crippen molar-refractivity contribution in [1.29, 1.82) is 0 Å². The summed E-state index contributed by atoms with van der Waals surface area (Å²) in [6.07, 6.45) is 3.54. The van der Waals surface area contributed by atoms with Crippen molar-refractivity contribution in [1.82, 2.24) is 15.3 Å². The quantitative estimate of drug-likeness (QED) is 0.551. The van der Waals surface area contributed by atoms with Gasteiger partial charge in [-0.1, -0.05) is 11.8 Å². The van der Waals surface area contributed by atoms with Gasteiger partial charge in [0.05, 0.1) is 17.9 Å². The average Bonchev–Trinajstić information content (AvgIpc) is 3.15. The van der Waals surface area contributed by atoms with Gasteiger partial charge >= 0.3 is 0 Å². The molecule has 2 aromatic heterocycles. The van der Waals surface area contributed by atoms with Crippen molar-refractivity contribution < 1.29 is 14.0 Å². The van der Waals surface area contributed by atoms with Crippen LogP contribution < -0.4 is 10.6 Å². The zero-order valence-electron chi connectivity index (χ0n) is 14.7. The highest BCUT2D eigenvalue weighted by Gasteiger charge is 2.10. The molecule has 2 amide bonds. The first-order valence-electron chi connectivity index (χ1n) is 8.37. The summed E-state index contributed by atoms with van der Waals surface area (Å²) in [5.41, 5.74) is 2.18. The Kier molecular flexibility index (Phi) is 7.10. The van der Waals surface area contributed by atoms with Crippen LogP contribution in [0.5, 0.6) is 0 Å². The van der Waals surface area contributed by atoms with Gasteiger partial charge in [-0.3, -0.25) is 14.6 Å². The summed E-state index contributed by atoms with van der Waals surface area (Å²) >= 11 is 2.68. The van der Waals surface area contributed by atoms with Crippen LogP contribution in [0.15, 0.2) is 58.5 Å². The van der Waals surface area contributed by atoms with E-state index in [4.69, 9.17) is 0 Å². The minimum absolute atomic E-state index is 0.118. The van der Waals surface area contributed by atoms with Gasteiger partial charge in [-0.15, -0.1) is 11.3 Å². The monoisotopic (exact) mass is 416 g/mol. The minimum atomic E-state index is -0.354. The lowest BCUT2D eigenvalue weighted by Crippen LogP contribution is -2.24. The summed E-state index contributed by atoms with van der Waals surface area (Å²) in [5, 5.41) is 7.34. The number of hydrogen-bond donors (Lipinski definition) is 2. The van der Waals surface area contributed by atoms with E-state index in [9.17, 15) is 14.0 Å². The standard InChI is InChI=1S/C19H17FN4O2S2/c20-14-1-3-15(4-2-14)23-18(26)12-28-19-24-16(11-27-19)9-17(25)22-10-13-5-7-21-8-6-13/h1-8,11H,9-10,12H2,(H,22,25)(H,23,26). The molecule has 0 unspecified atom stereocenters. The van der Waals surface area contributed by atoms with Crippen molar-refractivity contribution in [3.8, 4) is 0 Å². The van der Waals surface area contributed by atoms with Gasteiger partial charge in [-0.05, 0) is 42.0 Å². The highest BCUT2D eigenvalue weighted by molar-refractivity contribution is 8.01. The zero-order chi connectivity index (χ0) is 19.8. The third-order valence-corrected chi connectivity index (χ3v) is 5.64. The van der Waals surface area contributed by atoms with Gasteiger partial charge in [0.25, 0.3) is 0 Å². The van der Waals surface area contributed by atoms with E-state index in [0.717, 1.165) is 5.56 Å². The Morgan fingerprint density at radius 2 is 1.82 bits per heavy atom. The van der Waals surface area contributed by atoms with Crippen molar-refractivity contribution in [3.63, 3.8) is 0 Å². The molecule has 3 rings (SSSR count). The van der Waals surface area contributed by atoms with Crippen LogP contribution in [0.2, 0.25) is 0 Å². The number of nitrogens with zero attached hydrogens (tertiary/aromatic N) is 2. The second kappa shape index (κ2) is 9.95. The Morgan fingerprint density at radius 3 is 2.57 bits per heavy atom.